The van der Waals surface area contributed by atoms with Gasteiger partial charge in [0.25, 0.3) is 5.91 Å². The molecule has 1 aromatic carbocycles. The van der Waals surface area contributed by atoms with Crippen LogP contribution >= 0.6 is 0 Å². The lowest BCUT2D eigenvalue weighted by Crippen LogP contribution is -2.38. The van der Waals surface area contributed by atoms with Crippen LogP contribution in [0, 0.1) is 6.92 Å². The maximum atomic E-state index is 12.2. The minimum atomic E-state index is -0.735. The molecule has 5 heteroatoms. The Bertz CT molecular complexity index is 728. The first-order chi connectivity index (χ1) is 11.0. The van der Waals surface area contributed by atoms with Crippen LogP contribution in [0.4, 0.5) is 0 Å². The van der Waals surface area contributed by atoms with E-state index in [1.165, 1.54) is 0 Å². The molecule has 0 bridgehead atoms. The molecule has 3 rings (SSSR count). The molecule has 0 saturated carbocycles. The van der Waals surface area contributed by atoms with Gasteiger partial charge in [-0.1, -0.05) is 12.1 Å². The maximum absolute atomic E-state index is 12.2. The standard InChI is InChI=1S/C18H21NO4/c1-12-5-6-15-14(11-22-16(15)9-12)10-17(20)23-13(2)18(21)19-7-3-4-8-19/h5-6,9,11,13H,3-4,7-8,10H2,1-2H3. The van der Waals surface area contributed by atoms with Gasteiger partial charge in [0.15, 0.2) is 6.10 Å². The number of furan rings is 1. The van der Waals surface area contributed by atoms with Gasteiger partial charge in [-0.2, -0.15) is 0 Å². The molecule has 23 heavy (non-hydrogen) atoms. The quantitative estimate of drug-likeness (QED) is 0.814. The van der Waals surface area contributed by atoms with Crippen molar-refractivity contribution in [3.05, 3.63) is 35.6 Å². The number of benzene rings is 1. The molecule has 0 radical (unpaired) electrons. The Labute approximate surface area is 135 Å². The highest BCUT2D eigenvalue weighted by Gasteiger charge is 2.26. The monoisotopic (exact) mass is 315 g/mol. The molecule has 0 N–H and O–H groups in total. The smallest absolute Gasteiger partial charge is 0.311 e. The van der Waals surface area contributed by atoms with Gasteiger partial charge in [-0.3, -0.25) is 9.59 Å². The molecule has 2 aromatic rings. The maximum Gasteiger partial charge on any atom is 0.311 e. The first-order valence-electron chi connectivity index (χ1n) is 7.99. The average molecular weight is 315 g/mol. The number of hydrogen-bond acceptors (Lipinski definition) is 4. The summed E-state index contributed by atoms with van der Waals surface area (Å²) in [5.74, 6) is -0.517. The predicted molar refractivity (Wildman–Crippen MR) is 86.0 cm³/mol. The average Bonchev–Trinajstić information content (AvgIpc) is 3.16. The molecule has 2 heterocycles. The van der Waals surface area contributed by atoms with Crippen LogP contribution in [0.2, 0.25) is 0 Å². The summed E-state index contributed by atoms with van der Waals surface area (Å²) in [6.07, 6.45) is 2.99. The molecule has 1 aliphatic heterocycles. The highest BCUT2D eigenvalue weighted by molar-refractivity contribution is 5.88. The third-order valence-electron chi connectivity index (χ3n) is 4.22. The molecule has 0 spiro atoms. The number of hydrogen-bond donors (Lipinski definition) is 0. The first-order valence-corrected chi connectivity index (χ1v) is 7.99. The highest BCUT2D eigenvalue weighted by Crippen LogP contribution is 2.23. The minimum Gasteiger partial charge on any atom is -0.464 e. The number of rotatable bonds is 4. The van der Waals surface area contributed by atoms with Gasteiger partial charge in [0, 0.05) is 24.0 Å². The van der Waals surface area contributed by atoms with Crippen molar-refractivity contribution in [2.75, 3.05) is 13.1 Å². The fourth-order valence-electron chi connectivity index (χ4n) is 2.97. The van der Waals surface area contributed by atoms with Gasteiger partial charge >= 0.3 is 5.97 Å². The molecule has 1 fully saturated rings. The number of carbonyl (C=O) groups excluding carboxylic acids is 2. The van der Waals surface area contributed by atoms with E-state index in [4.69, 9.17) is 9.15 Å². The van der Waals surface area contributed by atoms with Crippen LogP contribution in [0.3, 0.4) is 0 Å². The van der Waals surface area contributed by atoms with E-state index < -0.39 is 12.1 Å². The number of fused-ring (bicyclic) bond motifs is 1. The second kappa shape index (κ2) is 6.44. The number of carbonyl (C=O) groups is 2. The molecule has 1 saturated heterocycles. The van der Waals surface area contributed by atoms with E-state index in [9.17, 15) is 9.59 Å². The zero-order valence-electron chi connectivity index (χ0n) is 13.5. The first kappa shape index (κ1) is 15.6. The Kier molecular flexibility index (Phi) is 4.37. The summed E-state index contributed by atoms with van der Waals surface area (Å²) in [6, 6.07) is 5.85. The number of amides is 1. The van der Waals surface area contributed by atoms with E-state index in [0.29, 0.717) is 0 Å². The van der Waals surface area contributed by atoms with Gasteiger partial charge in [-0.25, -0.2) is 0 Å². The van der Waals surface area contributed by atoms with E-state index >= 15 is 0 Å². The summed E-state index contributed by atoms with van der Waals surface area (Å²) in [7, 11) is 0. The van der Waals surface area contributed by atoms with Crippen molar-refractivity contribution in [2.24, 2.45) is 0 Å². The largest absolute Gasteiger partial charge is 0.464 e. The summed E-state index contributed by atoms with van der Waals surface area (Å²) >= 11 is 0. The van der Waals surface area contributed by atoms with Gasteiger partial charge in [0.2, 0.25) is 0 Å². The lowest BCUT2D eigenvalue weighted by molar-refractivity contribution is -0.158. The Morgan fingerprint density at radius 1 is 1.30 bits per heavy atom. The Balaban J connectivity index is 1.63. The fraction of sp³-hybridized carbons (Fsp3) is 0.444. The lowest BCUT2D eigenvalue weighted by Gasteiger charge is -2.20. The Hall–Kier alpha value is -2.30. The molecule has 1 atom stereocenters. The molecule has 0 aliphatic carbocycles. The van der Waals surface area contributed by atoms with E-state index in [-0.39, 0.29) is 12.3 Å². The minimum absolute atomic E-state index is 0.105. The second-order valence-electron chi connectivity index (χ2n) is 6.10. The topological polar surface area (TPSA) is 59.8 Å². The predicted octanol–water partition coefficient (Wildman–Crippen LogP) is 2.84. The normalized spacial score (nSPS) is 15.8. The Morgan fingerprint density at radius 3 is 2.78 bits per heavy atom. The summed E-state index contributed by atoms with van der Waals surface area (Å²) in [4.78, 5) is 26.0. The molecule has 1 unspecified atom stereocenters. The number of esters is 1. The van der Waals surface area contributed by atoms with Gasteiger partial charge in [-0.05, 0) is 38.3 Å². The number of likely N-dealkylation sites (tertiary alicyclic amines) is 1. The van der Waals surface area contributed by atoms with Crippen LogP contribution in [0.25, 0.3) is 11.0 Å². The van der Waals surface area contributed by atoms with Crippen molar-refractivity contribution in [1.82, 2.24) is 4.90 Å². The van der Waals surface area contributed by atoms with Crippen LogP contribution in [-0.4, -0.2) is 36.0 Å². The van der Waals surface area contributed by atoms with Crippen LogP contribution in [0.5, 0.6) is 0 Å². The van der Waals surface area contributed by atoms with Crippen molar-refractivity contribution < 1.29 is 18.7 Å². The third kappa shape index (κ3) is 3.38. The van der Waals surface area contributed by atoms with Crippen LogP contribution in [0.1, 0.15) is 30.9 Å². The number of aryl methyl sites for hydroxylation is 1. The molecular weight excluding hydrogens is 294 g/mol. The summed E-state index contributed by atoms with van der Waals surface area (Å²) in [5, 5.41) is 0.908. The summed E-state index contributed by atoms with van der Waals surface area (Å²) in [5.41, 5.74) is 2.64. The molecule has 1 amide bonds. The second-order valence-corrected chi connectivity index (χ2v) is 6.10. The van der Waals surface area contributed by atoms with Gasteiger partial charge in [0.05, 0.1) is 12.7 Å². The zero-order chi connectivity index (χ0) is 16.4. The van der Waals surface area contributed by atoms with Crippen LogP contribution in [-0.2, 0) is 20.7 Å². The zero-order valence-corrected chi connectivity index (χ0v) is 13.5. The van der Waals surface area contributed by atoms with E-state index in [1.807, 2.05) is 25.1 Å². The van der Waals surface area contributed by atoms with Gasteiger partial charge in [-0.15, -0.1) is 0 Å². The molecule has 1 aromatic heterocycles. The molecule has 122 valence electrons. The van der Waals surface area contributed by atoms with Gasteiger partial charge < -0.3 is 14.1 Å². The Morgan fingerprint density at radius 2 is 2.04 bits per heavy atom. The van der Waals surface area contributed by atoms with E-state index in [2.05, 4.69) is 0 Å². The van der Waals surface area contributed by atoms with Crippen molar-refractivity contribution in [1.29, 1.82) is 0 Å². The van der Waals surface area contributed by atoms with E-state index in [1.54, 1.807) is 18.1 Å². The number of nitrogens with zero attached hydrogens (tertiary/aromatic N) is 1. The third-order valence-corrected chi connectivity index (χ3v) is 4.22. The van der Waals surface area contributed by atoms with Crippen LogP contribution < -0.4 is 0 Å². The molecule has 5 nitrogen and oxygen atoms in total. The summed E-state index contributed by atoms with van der Waals surface area (Å²) in [6.45, 7) is 5.13. The lowest BCUT2D eigenvalue weighted by atomic mass is 10.1. The SMILES string of the molecule is Cc1ccc2c(CC(=O)OC(C)C(=O)N3CCCC3)coc2c1. The molecule has 1 aliphatic rings. The van der Waals surface area contributed by atoms with Crippen molar-refractivity contribution in [3.8, 4) is 0 Å². The van der Waals surface area contributed by atoms with Crippen molar-refractivity contribution in [3.63, 3.8) is 0 Å². The number of ether oxygens (including phenoxy) is 1. The fourth-order valence-corrected chi connectivity index (χ4v) is 2.97. The van der Waals surface area contributed by atoms with Crippen molar-refractivity contribution in [2.45, 2.75) is 39.2 Å². The molecular formula is C18H21NO4. The van der Waals surface area contributed by atoms with Crippen LogP contribution in [0.15, 0.2) is 28.9 Å². The summed E-state index contributed by atoms with van der Waals surface area (Å²) < 4.78 is 10.8. The van der Waals surface area contributed by atoms with E-state index in [0.717, 1.165) is 48.0 Å². The highest BCUT2D eigenvalue weighted by atomic mass is 16.5. The van der Waals surface area contributed by atoms with Crippen molar-refractivity contribution >= 4 is 22.8 Å². The van der Waals surface area contributed by atoms with Gasteiger partial charge in [0.1, 0.15) is 5.58 Å².